The molecule has 6 nitrogen and oxygen atoms in total. The molecule has 2 aromatic rings. The highest BCUT2D eigenvalue weighted by Crippen LogP contribution is 2.21. The molecule has 3 rings (SSSR count). The maximum absolute atomic E-state index is 12.4. The van der Waals surface area contributed by atoms with Gasteiger partial charge in [0.15, 0.2) is 0 Å². The highest BCUT2D eigenvalue weighted by atomic mass is 32.3. The van der Waals surface area contributed by atoms with Crippen molar-refractivity contribution in [3.8, 4) is 11.5 Å². The minimum absolute atomic E-state index is 0.0756. The van der Waals surface area contributed by atoms with E-state index < -0.39 is 10.5 Å². The molecule has 1 aliphatic rings. The zero-order chi connectivity index (χ0) is 17.9. The van der Waals surface area contributed by atoms with Gasteiger partial charge >= 0.3 is 10.5 Å². The van der Waals surface area contributed by atoms with Crippen molar-refractivity contribution >= 4 is 16.4 Å². The van der Waals surface area contributed by atoms with Crippen LogP contribution >= 0.6 is 0 Å². The predicted octanol–water partition coefficient (Wildman–Crippen LogP) is 2.75. The summed E-state index contributed by atoms with van der Waals surface area (Å²) in [5.74, 6) is 0.258. The van der Waals surface area contributed by atoms with Crippen LogP contribution < -0.4 is 14.2 Å². The van der Waals surface area contributed by atoms with Crippen LogP contribution in [0.25, 0.3) is 0 Å². The van der Waals surface area contributed by atoms with Crippen LogP contribution in [0.1, 0.15) is 28.8 Å². The first-order valence-electron chi connectivity index (χ1n) is 7.66. The van der Waals surface area contributed by atoms with E-state index in [-0.39, 0.29) is 18.3 Å². The summed E-state index contributed by atoms with van der Waals surface area (Å²) in [6, 6.07) is 12.9. The van der Waals surface area contributed by atoms with Crippen LogP contribution in [0.15, 0.2) is 48.5 Å². The standard InChI is InChI=1S/C17H16FNO5S/c18-25(21,22)24-16-9-7-15(8-10-16)23-11-12-1-3-13(4-2-12)17(20)19-14-5-6-14/h1-4,7-10,14H,5-6,11H2,(H,19,20). The summed E-state index contributed by atoms with van der Waals surface area (Å²) in [6.45, 7) is 0.270. The Balaban J connectivity index is 1.53. The van der Waals surface area contributed by atoms with Crippen molar-refractivity contribution in [1.82, 2.24) is 5.32 Å². The maximum atomic E-state index is 12.4. The van der Waals surface area contributed by atoms with E-state index >= 15 is 0 Å². The zero-order valence-corrected chi connectivity index (χ0v) is 14.0. The molecule has 0 bridgehead atoms. The third-order valence-corrected chi connectivity index (χ3v) is 3.95. The number of ether oxygens (including phenoxy) is 1. The van der Waals surface area contributed by atoms with E-state index in [1.54, 1.807) is 24.3 Å². The van der Waals surface area contributed by atoms with Crippen LogP contribution in [0, 0.1) is 0 Å². The average Bonchev–Trinajstić information content (AvgIpc) is 3.37. The molecule has 132 valence electrons. The number of carbonyl (C=O) groups is 1. The Bertz CT molecular complexity index is 846. The number of amides is 1. The number of nitrogens with one attached hydrogen (secondary N) is 1. The second kappa shape index (κ2) is 7.10. The second-order valence-corrected chi connectivity index (χ2v) is 6.63. The average molecular weight is 365 g/mol. The lowest BCUT2D eigenvalue weighted by molar-refractivity contribution is 0.0951. The van der Waals surface area contributed by atoms with Gasteiger partial charge in [0.2, 0.25) is 0 Å². The molecule has 1 fully saturated rings. The summed E-state index contributed by atoms with van der Waals surface area (Å²) in [5, 5.41) is 2.92. The summed E-state index contributed by atoms with van der Waals surface area (Å²) in [6.07, 6.45) is 2.08. The number of carbonyl (C=O) groups excluding carboxylic acids is 1. The van der Waals surface area contributed by atoms with Crippen molar-refractivity contribution in [3.63, 3.8) is 0 Å². The molecule has 1 saturated carbocycles. The van der Waals surface area contributed by atoms with Crippen molar-refractivity contribution in [3.05, 3.63) is 59.7 Å². The van der Waals surface area contributed by atoms with Gasteiger partial charge in [-0.25, -0.2) is 0 Å². The Morgan fingerprint density at radius 1 is 1.04 bits per heavy atom. The SMILES string of the molecule is O=C(NC1CC1)c1ccc(COc2ccc(OS(=O)(=O)F)cc2)cc1. The molecule has 0 saturated heterocycles. The monoisotopic (exact) mass is 365 g/mol. The maximum Gasteiger partial charge on any atom is 0.488 e. The molecule has 25 heavy (non-hydrogen) atoms. The van der Waals surface area contributed by atoms with Gasteiger partial charge in [-0.2, -0.15) is 8.42 Å². The number of rotatable bonds is 7. The summed E-state index contributed by atoms with van der Waals surface area (Å²) in [5.41, 5.74) is 1.47. The van der Waals surface area contributed by atoms with Crippen LogP contribution in [0.4, 0.5) is 3.89 Å². The van der Waals surface area contributed by atoms with E-state index in [1.807, 2.05) is 0 Å². The van der Waals surface area contributed by atoms with Gasteiger partial charge in [-0.05, 0) is 54.8 Å². The summed E-state index contributed by atoms with van der Waals surface area (Å²) < 4.78 is 42.8. The fraction of sp³-hybridized carbons (Fsp3) is 0.235. The van der Waals surface area contributed by atoms with E-state index in [2.05, 4.69) is 9.50 Å². The summed E-state index contributed by atoms with van der Waals surface area (Å²) in [4.78, 5) is 11.9. The molecule has 0 atom stereocenters. The molecule has 0 unspecified atom stereocenters. The molecule has 0 radical (unpaired) electrons. The zero-order valence-electron chi connectivity index (χ0n) is 13.1. The van der Waals surface area contributed by atoms with Crippen molar-refractivity contribution < 1.29 is 26.0 Å². The predicted molar refractivity (Wildman–Crippen MR) is 88.4 cm³/mol. The van der Waals surface area contributed by atoms with Gasteiger partial charge < -0.3 is 14.2 Å². The first-order chi connectivity index (χ1) is 11.9. The van der Waals surface area contributed by atoms with Crippen LogP contribution in [0.3, 0.4) is 0 Å². The number of halogens is 1. The van der Waals surface area contributed by atoms with E-state index in [9.17, 15) is 17.1 Å². The largest absolute Gasteiger partial charge is 0.489 e. The van der Waals surface area contributed by atoms with Gasteiger partial charge in [-0.3, -0.25) is 4.79 Å². The molecule has 0 aromatic heterocycles. The molecule has 1 aliphatic carbocycles. The van der Waals surface area contributed by atoms with Crippen LogP contribution in [-0.4, -0.2) is 20.4 Å². The van der Waals surface area contributed by atoms with Gasteiger partial charge in [0, 0.05) is 11.6 Å². The van der Waals surface area contributed by atoms with Gasteiger partial charge in [-0.1, -0.05) is 16.0 Å². The molecule has 2 aromatic carbocycles. The lowest BCUT2D eigenvalue weighted by atomic mass is 10.1. The Hall–Kier alpha value is -2.61. The normalized spacial score (nSPS) is 14.0. The molecule has 0 spiro atoms. The molecule has 8 heteroatoms. The fourth-order valence-electron chi connectivity index (χ4n) is 2.12. The molecule has 0 aliphatic heterocycles. The Labute approximate surface area is 145 Å². The number of hydrogen-bond donors (Lipinski definition) is 1. The third kappa shape index (κ3) is 5.46. The van der Waals surface area contributed by atoms with E-state index in [1.165, 1.54) is 24.3 Å². The van der Waals surface area contributed by atoms with E-state index in [0.717, 1.165) is 18.4 Å². The Morgan fingerprint density at radius 2 is 1.64 bits per heavy atom. The third-order valence-electron chi connectivity index (χ3n) is 3.55. The fourth-order valence-corrected chi connectivity index (χ4v) is 2.46. The van der Waals surface area contributed by atoms with Crippen LogP contribution in [0.5, 0.6) is 11.5 Å². The first kappa shape index (κ1) is 17.2. The van der Waals surface area contributed by atoms with Crippen LogP contribution in [0.2, 0.25) is 0 Å². The Morgan fingerprint density at radius 3 is 2.20 bits per heavy atom. The quantitative estimate of drug-likeness (QED) is 0.763. The van der Waals surface area contributed by atoms with Crippen molar-refractivity contribution in [1.29, 1.82) is 0 Å². The highest BCUT2D eigenvalue weighted by Gasteiger charge is 2.23. The number of benzene rings is 2. The van der Waals surface area contributed by atoms with Crippen molar-refractivity contribution in [2.75, 3.05) is 0 Å². The summed E-state index contributed by atoms with van der Waals surface area (Å²) >= 11 is 0. The minimum atomic E-state index is -5.03. The number of hydrogen-bond acceptors (Lipinski definition) is 5. The Kier molecular flexibility index (Phi) is 4.89. The first-order valence-corrected chi connectivity index (χ1v) is 8.97. The molecule has 0 heterocycles. The second-order valence-electron chi connectivity index (χ2n) is 5.68. The molecular formula is C17H16FNO5S. The molecular weight excluding hydrogens is 349 g/mol. The smallest absolute Gasteiger partial charge is 0.488 e. The molecule has 1 amide bonds. The van der Waals surface area contributed by atoms with E-state index in [0.29, 0.717) is 17.4 Å². The van der Waals surface area contributed by atoms with E-state index in [4.69, 9.17) is 4.74 Å². The van der Waals surface area contributed by atoms with Crippen LogP contribution in [-0.2, 0) is 17.1 Å². The van der Waals surface area contributed by atoms with Crippen molar-refractivity contribution in [2.45, 2.75) is 25.5 Å². The van der Waals surface area contributed by atoms with Gasteiger partial charge in [-0.15, -0.1) is 0 Å². The van der Waals surface area contributed by atoms with Gasteiger partial charge in [0.1, 0.15) is 18.1 Å². The lowest BCUT2D eigenvalue weighted by Crippen LogP contribution is -2.25. The minimum Gasteiger partial charge on any atom is -0.489 e. The van der Waals surface area contributed by atoms with Gasteiger partial charge in [0.25, 0.3) is 5.91 Å². The topological polar surface area (TPSA) is 81.7 Å². The van der Waals surface area contributed by atoms with Crippen molar-refractivity contribution in [2.24, 2.45) is 0 Å². The molecule has 1 N–H and O–H groups in total. The lowest BCUT2D eigenvalue weighted by Gasteiger charge is -2.08. The highest BCUT2D eigenvalue weighted by molar-refractivity contribution is 7.81. The summed E-state index contributed by atoms with van der Waals surface area (Å²) in [7, 11) is -5.03. The van der Waals surface area contributed by atoms with Gasteiger partial charge in [0.05, 0.1) is 0 Å².